The predicted octanol–water partition coefficient (Wildman–Crippen LogP) is 5.96. The number of aliphatic hydroxyl groups excluding tert-OH is 1. The first-order valence-corrected chi connectivity index (χ1v) is 11.3. The number of ether oxygens (including phenoxy) is 1. The molecule has 1 atom stereocenters. The molecule has 1 aliphatic rings. The average molecular weight is 468 g/mol. The van der Waals surface area contributed by atoms with Crippen molar-refractivity contribution in [2.75, 3.05) is 12.0 Å². The van der Waals surface area contributed by atoms with E-state index in [1.807, 2.05) is 50.4 Å². The molecule has 1 unspecified atom stereocenters. The molecule has 1 fully saturated rings. The number of nitrogens with zero attached hydrogens (tertiary/aromatic N) is 1. The summed E-state index contributed by atoms with van der Waals surface area (Å²) in [5, 5.41) is 13.5. The van der Waals surface area contributed by atoms with Crippen LogP contribution in [-0.2, 0) is 9.59 Å². The van der Waals surface area contributed by atoms with Crippen molar-refractivity contribution < 1.29 is 19.4 Å². The van der Waals surface area contributed by atoms with Crippen LogP contribution >= 0.6 is 22.9 Å². The lowest BCUT2D eigenvalue weighted by atomic mass is 9.98. The Kier molecular flexibility index (Phi) is 5.84. The standard InChI is InChI=1S/C25H22ClNO4S/c1-13-5-7-17(11-15(13)3)27-21(24-14(2)9-10-32-24)20(23(29)25(27)30)22(28)16-6-8-18(26)19(12-16)31-4/h5-12,21,28H,1-4H3/b22-20-. The van der Waals surface area contributed by atoms with Gasteiger partial charge in [-0.05, 0) is 79.2 Å². The van der Waals surface area contributed by atoms with Crippen LogP contribution in [0.4, 0.5) is 5.69 Å². The zero-order valence-corrected chi connectivity index (χ0v) is 19.7. The van der Waals surface area contributed by atoms with Crippen molar-refractivity contribution in [1.82, 2.24) is 0 Å². The summed E-state index contributed by atoms with van der Waals surface area (Å²) < 4.78 is 5.25. The molecule has 0 saturated carbocycles. The summed E-state index contributed by atoms with van der Waals surface area (Å²) in [6, 6.07) is 11.6. The Morgan fingerprint density at radius 3 is 2.41 bits per heavy atom. The molecular weight excluding hydrogens is 446 g/mol. The highest BCUT2D eigenvalue weighted by Crippen LogP contribution is 2.45. The van der Waals surface area contributed by atoms with Crippen LogP contribution in [0.3, 0.4) is 0 Å². The molecule has 0 radical (unpaired) electrons. The van der Waals surface area contributed by atoms with Crippen LogP contribution in [0.25, 0.3) is 5.76 Å². The van der Waals surface area contributed by atoms with Gasteiger partial charge in [0.05, 0.1) is 17.7 Å². The summed E-state index contributed by atoms with van der Waals surface area (Å²) in [5.74, 6) is -1.30. The number of amides is 1. The highest BCUT2D eigenvalue weighted by molar-refractivity contribution is 7.10. The first-order chi connectivity index (χ1) is 15.2. The number of methoxy groups -OCH3 is 1. The second kappa shape index (κ2) is 8.45. The number of aliphatic hydroxyl groups is 1. The largest absolute Gasteiger partial charge is 0.507 e. The van der Waals surface area contributed by atoms with E-state index in [2.05, 4.69) is 0 Å². The van der Waals surface area contributed by atoms with Gasteiger partial charge < -0.3 is 9.84 Å². The highest BCUT2D eigenvalue weighted by atomic mass is 35.5. The number of thiophene rings is 1. The van der Waals surface area contributed by atoms with Crippen molar-refractivity contribution in [3.63, 3.8) is 0 Å². The van der Waals surface area contributed by atoms with Crippen molar-refractivity contribution in [3.05, 3.63) is 85.6 Å². The lowest BCUT2D eigenvalue weighted by molar-refractivity contribution is -0.132. The smallest absolute Gasteiger partial charge is 0.300 e. The molecule has 32 heavy (non-hydrogen) atoms. The molecule has 1 N–H and O–H groups in total. The molecule has 1 saturated heterocycles. The monoisotopic (exact) mass is 467 g/mol. The van der Waals surface area contributed by atoms with E-state index in [9.17, 15) is 14.7 Å². The maximum atomic E-state index is 13.2. The van der Waals surface area contributed by atoms with Crippen molar-refractivity contribution in [2.24, 2.45) is 0 Å². The van der Waals surface area contributed by atoms with Crippen molar-refractivity contribution in [3.8, 4) is 5.75 Å². The van der Waals surface area contributed by atoms with E-state index in [1.165, 1.54) is 23.3 Å². The van der Waals surface area contributed by atoms with Crippen LogP contribution < -0.4 is 9.64 Å². The van der Waals surface area contributed by atoms with Gasteiger partial charge in [-0.25, -0.2) is 0 Å². The van der Waals surface area contributed by atoms with E-state index in [-0.39, 0.29) is 11.3 Å². The molecule has 5 nitrogen and oxygen atoms in total. The summed E-state index contributed by atoms with van der Waals surface area (Å²) in [4.78, 5) is 28.8. The third-order valence-electron chi connectivity index (χ3n) is 5.79. The number of Topliss-reactive ketones (excluding diaryl/α,β-unsaturated/α-hetero) is 1. The van der Waals surface area contributed by atoms with Gasteiger partial charge in [-0.1, -0.05) is 17.7 Å². The molecule has 2 aromatic carbocycles. The normalized spacial score (nSPS) is 17.8. The second-order valence-electron chi connectivity index (χ2n) is 7.75. The minimum absolute atomic E-state index is 0.0446. The van der Waals surface area contributed by atoms with Gasteiger partial charge in [0, 0.05) is 16.1 Å². The van der Waals surface area contributed by atoms with Crippen LogP contribution in [0.1, 0.15) is 33.2 Å². The highest BCUT2D eigenvalue weighted by Gasteiger charge is 2.48. The number of rotatable bonds is 4. The Morgan fingerprint density at radius 1 is 1.03 bits per heavy atom. The Hall–Kier alpha value is -3.09. The number of carbonyl (C=O) groups is 2. The molecule has 164 valence electrons. The fourth-order valence-electron chi connectivity index (χ4n) is 3.85. The lowest BCUT2D eigenvalue weighted by Crippen LogP contribution is -2.29. The molecule has 1 aromatic heterocycles. The van der Waals surface area contributed by atoms with Gasteiger partial charge in [-0.2, -0.15) is 0 Å². The SMILES string of the molecule is COc1cc(/C(O)=C2/C(=O)C(=O)N(c3ccc(C)c(C)c3)C2c2sccc2C)ccc1Cl. The molecule has 0 bridgehead atoms. The van der Waals surface area contributed by atoms with E-state index in [0.29, 0.717) is 22.0 Å². The molecule has 7 heteroatoms. The Bertz CT molecular complexity index is 1280. The molecule has 0 spiro atoms. The maximum absolute atomic E-state index is 13.2. The molecular formula is C25H22ClNO4S. The van der Waals surface area contributed by atoms with E-state index < -0.39 is 17.7 Å². The number of anilines is 1. The Balaban J connectivity index is 1.96. The van der Waals surface area contributed by atoms with E-state index >= 15 is 0 Å². The van der Waals surface area contributed by atoms with Crippen LogP contribution in [0, 0.1) is 20.8 Å². The summed E-state index contributed by atoms with van der Waals surface area (Å²) in [7, 11) is 1.47. The second-order valence-corrected chi connectivity index (χ2v) is 9.11. The molecule has 3 aromatic rings. The van der Waals surface area contributed by atoms with E-state index in [1.54, 1.807) is 18.2 Å². The maximum Gasteiger partial charge on any atom is 0.300 e. The minimum atomic E-state index is -0.737. The topological polar surface area (TPSA) is 66.8 Å². The van der Waals surface area contributed by atoms with E-state index in [0.717, 1.165) is 21.6 Å². The lowest BCUT2D eigenvalue weighted by Gasteiger charge is -2.25. The number of benzene rings is 2. The van der Waals surface area contributed by atoms with Crippen molar-refractivity contribution in [1.29, 1.82) is 0 Å². The molecule has 2 heterocycles. The van der Waals surface area contributed by atoms with Gasteiger partial charge >= 0.3 is 0 Å². The number of hydrogen-bond donors (Lipinski definition) is 1. The van der Waals surface area contributed by atoms with Crippen LogP contribution in [0.15, 0.2) is 53.4 Å². The first-order valence-electron chi connectivity index (χ1n) is 10.0. The fraction of sp³-hybridized carbons (Fsp3) is 0.200. The van der Waals surface area contributed by atoms with E-state index in [4.69, 9.17) is 16.3 Å². The van der Waals surface area contributed by atoms with Gasteiger partial charge in [0.1, 0.15) is 17.6 Å². The molecule has 1 amide bonds. The van der Waals surface area contributed by atoms with Crippen LogP contribution in [0.2, 0.25) is 5.02 Å². The summed E-state index contributed by atoms with van der Waals surface area (Å²) in [6.07, 6.45) is 0. The third-order valence-corrected chi connectivity index (χ3v) is 7.17. The Labute approximate surface area is 195 Å². The quantitative estimate of drug-likeness (QED) is 0.292. The zero-order valence-electron chi connectivity index (χ0n) is 18.1. The summed E-state index contributed by atoms with van der Waals surface area (Å²) in [6.45, 7) is 5.88. The van der Waals surface area contributed by atoms with Gasteiger partial charge in [-0.15, -0.1) is 11.3 Å². The van der Waals surface area contributed by atoms with Crippen molar-refractivity contribution in [2.45, 2.75) is 26.8 Å². The van der Waals surface area contributed by atoms with Crippen molar-refractivity contribution >= 4 is 46.1 Å². The third kappa shape index (κ3) is 3.59. The van der Waals surface area contributed by atoms with Crippen LogP contribution in [0.5, 0.6) is 5.75 Å². The summed E-state index contributed by atoms with van der Waals surface area (Å²) >= 11 is 7.57. The zero-order chi connectivity index (χ0) is 23.2. The summed E-state index contributed by atoms with van der Waals surface area (Å²) in [5.41, 5.74) is 4.04. The number of aryl methyl sites for hydroxylation is 3. The van der Waals surface area contributed by atoms with Gasteiger partial charge in [0.25, 0.3) is 11.7 Å². The Morgan fingerprint density at radius 2 is 1.78 bits per heavy atom. The van der Waals surface area contributed by atoms with Gasteiger partial charge in [-0.3, -0.25) is 14.5 Å². The predicted molar refractivity (Wildman–Crippen MR) is 128 cm³/mol. The number of hydrogen-bond acceptors (Lipinski definition) is 5. The average Bonchev–Trinajstić information content (AvgIpc) is 3.30. The van der Waals surface area contributed by atoms with Gasteiger partial charge in [0.2, 0.25) is 0 Å². The molecule has 4 rings (SSSR count). The minimum Gasteiger partial charge on any atom is -0.507 e. The van der Waals surface area contributed by atoms with Gasteiger partial charge in [0.15, 0.2) is 0 Å². The number of ketones is 1. The molecule has 0 aliphatic carbocycles. The molecule has 1 aliphatic heterocycles. The number of carbonyl (C=O) groups excluding carboxylic acids is 2. The number of halogens is 1. The first kappa shape index (κ1) is 22.1. The van der Waals surface area contributed by atoms with Crippen LogP contribution in [-0.4, -0.2) is 23.9 Å². The fourth-order valence-corrected chi connectivity index (χ4v) is 5.07.